The second kappa shape index (κ2) is 8.81. The second-order valence-electron chi connectivity index (χ2n) is 6.66. The predicted octanol–water partition coefficient (Wildman–Crippen LogP) is 4.66. The van der Waals surface area contributed by atoms with Crippen LogP contribution in [-0.4, -0.2) is 39.9 Å². The Hall–Kier alpha value is -1.29. The number of rotatable bonds is 8. The lowest BCUT2D eigenvalue weighted by Gasteiger charge is -2.17. The summed E-state index contributed by atoms with van der Waals surface area (Å²) in [6.45, 7) is 6.71. The minimum atomic E-state index is 0.758. The molecule has 3 aromatic heterocycles. The monoisotopic (exact) mass is 421 g/mol. The number of hydrogen-bond donors (Lipinski definition) is 1. The fraction of sp³-hybridized carbons (Fsp3) is 0.556. The van der Waals surface area contributed by atoms with Crippen molar-refractivity contribution in [1.82, 2.24) is 20.2 Å². The van der Waals surface area contributed by atoms with Gasteiger partial charge in [-0.2, -0.15) is 0 Å². The van der Waals surface area contributed by atoms with Crippen molar-refractivity contribution >= 4 is 49.8 Å². The summed E-state index contributed by atoms with van der Waals surface area (Å²) < 4.78 is 6.26. The number of aryl methyl sites for hydroxylation is 1. The normalized spacial score (nSPS) is 16.6. The van der Waals surface area contributed by atoms with E-state index >= 15 is 0 Å². The quantitative estimate of drug-likeness (QED) is 0.419. The van der Waals surface area contributed by atoms with Gasteiger partial charge in [0.25, 0.3) is 0 Å². The third-order valence-electron chi connectivity index (χ3n) is 4.59. The summed E-state index contributed by atoms with van der Waals surface area (Å²) in [7, 11) is 0. The zero-order valence-corrected chi connectivity index (χ0v) is 18.0. The molecule has 0 aromatic carbocycles. The molecule has 144 valence electrons. The van der Waals surface area contributed by atoms with Gasteiger partial charge in [0, 0.05) is 30.0 Å². The van der Waals surface area contributed by atoms with Gasteiger partial charge in [-0.15, -0.1) is 21.5 Å². The molecule has 0 spiro atoms. The maximum absolute atomic E-state index is 5.35. The number of nitrogens with zero attached hydrogens (tertiary/aromatic N) is 4. The van der Waals surface area contributed by atoms with Crippen molar-refractivity contribution in [1.29, 1.82) is 0 Å². The fourth-order valence-corrected chi connectivity index (χ4v) is 6.47. The SMILES string of the molecule is CCOCCCNc1nnc(Sc2ncnc3sc4c(c23)CC[C@H](C)C4)s1. The lowest BCUT2D eigenvalue weighted by atomic mass is 9.89. The van der Waals surface area contributed by atoms with Gasteiger partial charge >= 0.3 is 0 Å². The first-order chi connectivity index (χ1) is 13.2. The highest BCUT2D eigenvalue weighted by Crippen LogP contribution is 2.42. The van der Waals surface area contributed by atoms with Crippen LogP contribution in [-0.2, 0) is 17.6 Å². The van der Waals surface area contributed by atoms with Gasteiger partial charge in [0.15, 0.2) is 4.34 Å². The van der Waals surface area contributed by atoms with Crippen LogP contribution in [0.25, 0.3) is 10.2 Å². The minimum Gasteiger partial charge on any atom is -0.382 e. The Morgan fingerprint density at radius 1 is 1.30 bits per heavy atom. The number of aromatic nitrogens is 4. The summed E-state index contributed by atoms with van der Waals surface area (Å²) in [5, 5.41) is 15.0. The summed E-state index contributed by atoms with van der Waals surface area (Å²) in [6.07, 6.45) is 6.16. The van der Waals surface area contributed by atoms with Crippen LogP contribution < -0.4 is 5.32 Å². The Morgan fingerprint density at radius 2 is 2.22 bits per heavy atom. The molecule has 0 fully saturated rings. The van der Waals surface area contributed by atoms with Gasteiger partial charge in [0.05, 0.1) is 0 Å². The largest absolute Gasteiger partial charge is 0.382 e. The predicted molar refractivity (Wildman–Crippen MR) is 112 cm³/mol. The molecule has 1 N–H and O–H groups in total. The van der Waals surface area contributed by atoms with Crippen molar-refractivity contribution < 1.29 is 4.74 Å². The first kappa shape index (κ1) is 19.0. The van der Waals surface area contributed by atoms with Gasteiger partial charge in [-0.1, -0.05) is 18.3 Å². The lowest BCUT2D eigenvalue weighted by molar-refractivity contribution is 0.147. The lowest BCUT2D eigenvalue weighted by Crippen LogP contribution is -2.08. The number of hydrogen-bond acceptors (Lipinski definition) is 9. The van der Waals surface area contributed by atoms with E-state index in [1.807, 2.05) is 18.3 Å². The van der Waals surface area contributed by atoms with E-state index < -0.39 is 0 Å². The minimum absolute atomic E-state index is 0.758. The molecule has 0 aliphatic heterocycles. The summed E-state index contributed by atoms with van der Waals surface area (Å²) in [4.78, 5) is 11.7. The van der Waals surface area contributed by atoms with Gasteiger partial charge < -0.3 is 10.1 Å². The summed E-state index contributed by atoms with van der Waals surface area (Å²) >= 11 is 5.00. The number of fused-ring (bicyclic) bond motifs is 3. The average Bonchev–Trinajstić information content (AvgIpc) is 3.25. The Labute approximate surface area is 171 Å². The Balaban J connectivity index is 1.48. The molecule has 0 saturated carbocycles. The van der Waals surface area contributed by atoms with Crippen LogP contribution in [0.5, 0.6) is 0 Å². The summed E-state index contributed by atoms with van der Waals surface area (Å²) in [5.74, 6) is 0.758. The van der Waals surface area contributed by atoms with Gasteiger partial charge in [-0.25, -0.2) is 9.97 Å². The van der Waals surface area contributed by atoms with Crippen LogP contribution >= 0.6 is 34.4 Å². The van der Waals surface area contributed by atoms with Crippen LogP contribution in [0.4, 0.5) is 5.13 Å². The van der Waals surface area contributed by atoms with Crippen LogP contribution in [0.2, 0.25) is 0 Å². The van der Waals surface area contributed by atoms with Gasteiger partial charge in [0.2, 0.25) is 5.13 Å². The number of anilines is 1. The zero-order valence-electron chi connectivity index (χ0n) is 15.5. The molecule has 9 heteroatoms. The third kappa shape index (κ3) is 4.42. The van der Waals surface area contributed by atoms with Crippen molar-refractivity contribution in [2.75, 3.05) is 25.1 Å². The average molecular weight is 422 g/mol. The van der Waals surface area contributed by atoms with Crippen molar-refractivity contribution in [2.45, 2.75) is 48.9 Å². The molecule has 6 nitrogen and oxygen atoms in total. The van der Waals surface area contributed by atoms with E-state index in [-0.39, 0.29) is 0 Å². The number of nitrogens with one attached hydrogen (secondary N) is 1. The molecule has 1 aliphatic rings. The first-order valence-electron chi connectivity index (χ1n) is 9.32. The van der Waals surface area contributed by atoms with Crippen molar-refractivity contribution in [3.63, 3.8) is 0 Å². The van der Waals surface area contributed by atoms with Gasteiger partial charge in [-0.05, 0) is 55.9 Å². The molecule has 3 aromatic rings. The maximum Gasteiger partial charge on any atom is 0.206 e. The summed E-state index contributed by atoms with van der Waals surface area (Å²) in [6, 6.07) is 0. The Kier molecular flexibility index (Phi) is 6.21. The highest BCUT2D eigenvalue weighted by molar-refractivity contribution is 8.01. The third-order valence-corrected chi connectivity index (χ3v) is 7.69. The van der Waals surface area contributed by atoms with Crippen LogP contribution in [0.15, 0.2) is 15.7 Å². The van der Waals surface area contributed by atoms with Crippen LogP contribution in [0.3, 0.4) is 0 Å². The molecule has 1 atom stereocenters. The van der Waals surface area contributed by atoms with Crippen molar-refractivity contribution in [3.05, 3.63) is 16.8 Å². The van der Waals surface area contributed by atoms with Gasteiger partial charge in [0.1, 0.15) is 16.2 Å². The first-order valence-corrected chi connectivity index (χ1v) is 11.8. The molecular weight excluding hydrogens is 398 g/mol. The fourth-order valence-electron chi connectivity index (χ4n) is 3.24. The molecule has 3 heterocycles. The molecule has 0 saturated heterocycles. The topological polar surface area (TPSA) is 72.8 Å². The molecule has 1 aliphatic carbocycles. The van der Waals surface area contributed by atoms with Crippen LogP contribution in [0, 0.1) is 5.92 Å². The van der Waals surface area contributed by atoms with E-state index in [9.17, 15) is 0 Å². The molecule has 27 heavy (non-hydrogen) atoms. The number of thiophene rings is 1. The molecule has 0 unspecified atom stereocenters. The highest BCUT2D eigenvalue weighted by atomic mass is 32.2. The zero-order chi connectivity index (χ0) is 18.6. The van der Waals surface area contributed by atoms with Crippen molar-refractivity contribution in [2.24, 2.45) is 5.92 Å². The molecule has 0 amide bonds. The van der Waals surface area contributed by atoms with E-state index in [0.717, 1.165) is 64.3 Å². The van der Waals surface area contributed by atoms with E-state index in [4.69, 9.17) is 4.74 Å². The Morgan fingerprint density at radius 3 is 3.11 bits per heavy atom. The van der Waals surface area contributed by atoms with E-state index in [1.54, 1.807) is 29.4 Å². The molecule has 4 rings (SSSR count). The highest BCUT2D eigenvalue weighted by Gasteiger charge is 2.23. The standard InChI is InChI=1S/C18H23N5OS3/c1-3-24-8-4-7-19-17-22-23-18(27-17)26-16-14-12-6-5-11(2)9-13(12)25-15(14)20-10-21-16/h10-11H,3-9H2,1-2H3,(H,19,22)/t11-/m0/s1. The van der Waals surface area contributed by atoms with E-state index in [2.05, 4.69) is 32.4 Å². The second-order valence-corrected chi connectivity index (χ2v) is 9.96. The van der Waals surface area contributed by atoms with Gasteiger partial charge in [-0.3, -0.25) is 0 Å². The summed E-state index contributed by atoms with van der Waals surface area (Å²) in [5.41, 5.74) is 1.45. The van der Waals surface area contributed by atoms with Crippen molar-refractivity contribution in [3.8, 4) is 0 Å². The maximum atomic E-state index is 5.35. The van der Waals surface area contributed by atoms with Crippen LogP contribution in [0.1, 0.15) is 37.1 Å². The molecular formula is C18H23N5OS3. The number of ether oxygens (including phenoxy) is 1. The van der Waals surface area contributed by atoms with E-state index in [1.165, 1.54) is 22.2 Å². The molecule has 0 bridgehead atoms. The smallest absolute Gasteiger partial charge is 0.206 e. The Bertz CT molecular complexity index is 910. The van der Waals surface area contributed by atoms with E-state index in [0.29, 0.717) is 0 Å². The molecule has 0 radical (unpaired) electrons.